The van der Waals surface area contributed by atoms with Gasteiger partial charge in [-0.2, -0.15) is 0 Å². The van der Waals surface area contributed by atoms with Crippen molar-refractivity contribution in [1.29, 1.82) is 0 Å². The van der Waals surface area contributed by atoms with Gasteiger partial charge >= 0.3 is 0 Å². The van der Waals surface area contributed by atoms with E-state index in [9.17, 15) is 4.79 Å². The SMILES string of the molecule is COc1cccc(C(=O)N2Cc3cnc(N)nc3C2)c1. The number of benzene rings is 1. The average molecular weight is 270 g/mol. The van der Waals surface area contributed by atoms with Crippen LogP contribution in [0.1, 0.15) is 21.6 Å². The third kappa shape index (κ3) is 2.16. The molecule has 3 rings (SSSR count). The molecule has 0 aliphatic carbocycles. The highest BCUT2D eigenvalue weighted by Gasteiger charge is 2.26. The Morgan fingerprint density at radius 3 is 3.05 bits per heavy atom. The summed E-state index contributed by atoms with van der Waals surface area (Å²) in [6, 6.07) is 7.11. The second-order valence-electron chi connectivity index (χ2n) is 4.59. The van der Waals surface area contributed by atoms with E-state index in [0.29, 0.717) is 24.4 Å². The van der Waals surface area contributed by atoms with E-state index < -0.39 is 0 Å². The molecule has 1 amide bonds. The lowest BCUT2D eigenvalue weighted by Gasteiger charge is -2.15. The number of carbonyl (C=O) groups is 1. The van der Waals surface area contributed by atoms with E-state index >= 15 is 0 Å². The molecule has 1 aliphatic rings. The number of carbonyl (C=O) groups excluding carboxylic acids is 1. The summed E-state index contributed by atoms with van der Waals surface area (Å²) < 4.78 is 5.14. The van der Waals surface area contributed by atoms with Crippen molar-refractivity contribution >= 4 is 11.9 Å². The Hall–Kier alpha value is -2.63. The third-order valence-electron chi connectivity index (χ3n) is 3.28. The normalized spacial score (nSPS) is 13.2. The van der Waals surface area contributed by atoms with E-state index in [1.54, 1.807) is 36.4 Å². The first-order valence-corrected chi connectivity index (χ1v) is 6.21. The van der Waals surface area contributed by atoms with E-state index in [-0.39, 0.29) is 11.9 Å². The number of ether oxygens (including phenoxy) is 1. The van der Waals surface area contributed by atoms with E-state index in [4.69, 9.17) is 10.5 Å². The van der Waals surface area contributed by atoms with Gasteiger partial charge in [-0.05, 0) is 18.2 Å². The summed E-state index contributed by atoms with van der Waals surface area (Å²) >= 11 is 0. The number of nitrogen functional groups attached to an aromatic ring is 1. The lowest BCUT2D eigenvalue weighted by Crippen LogP contribution is -2.25. The molecule has 20 heavy (non-hydrogen) atoms. The molecule has 6 heteroatoms. The topological polar surface area (TPSA) is 81.3 Å². The van der Waals surface area contributed by atoms with Gasteiger partial charge in [0.2, 0.25) is 5.95 Å². The van der Waals surface area contributed by atoms with E-state index in [1.807, 2.05) is 6.07 Å². The zero-order valence-corrected chi connectivity index (χ0v) is 11.0. The Kier molecular flexibility index (Phi) is 2.98. The molecule has 0 bridgehead atoms. The van der Waals surface area contributed by atoms with Crippen LogP contribution in [0.5, 0.6) is 5.75 Å². The molecule has 1 aromatic carbocycles. The fourth-order valence-corrected chi connectivity index (χ4v) is 2.25. The van der Waals surface area contributed by atoms with Crippen LogP contribution in [-0.2, 0) is 13.1 Å². The Morgan fingerprint density at radius 2 is 2.25 bits per heavy atom. The minimum Gasteiger partial charge on any atom is -0.497 e. The van der Waals surface area contributed by atoms with Gasteiger partial charge in [-0.15, -0.1) is 0 Å². The molecule has 0 saturated carbocycles. The van der Waals surface area contributed by atoms with Crippen LogP contribution in [0.2, 0.25) is 0 Å². The van der Waals surface area contributed by atoms with Crippen molar-refractivity contribution in [2.45, 2.75) is 13.1 Å². The van der Waals surface area contributed by atoms with E-state index in [2.05, 4.69) is 9.97 Å². The third-order valence-corrected chi connectivity index (χ3v) is 3.28. The standard InChI is InChI=1S/C14H14N4O2/c1-20-11-4-2-3-9(5-11)13(19)18-7-10-6-16-14(15)17-12(10)8-18/h2-6H,7-8H2,1H3,(H2,15,16,17). The van der Waals surface area contributed by atoms with Gasteiger partial charge in [-0.25, -0.2) is 9.97 Å². The molecule has 0 spiro atoms. The lowest BCUT2D eigenvalue weighted by atomic mass is 10.2. The molecule has 0 saturated heterocycles. The summed E-state index contributed by atoms with van der Waals surface area (Å²) in [4.78, 5) is 22.3. The maximum atomic E-state index is 12.5. The van der Waals surface area contributed by atoms with Crippen molar-refractivity contribution < 1.29 is 9.53 Å². The van der Waals surface area contributed by atoms with Crippen LogP contribution in [0.3, 0.4) is 0 Å². The van der Waals surface area contributed by atoms with Crippen molar-refractivity contribution in [3.8, 4) is 5.75 Å². The minimum absolute atomic E-state index is 0.0551. The number of nitrogens with zero attached hydrogens (tertiary/aromatic N) is 3. The first kappa shape index (κ1) is 12.4. The van der Waals surface area contributed by atoms with Crippen LogP contribution >= 0.6 is 0 Å². The molecule has 102 valence electrons. The number of nitrogens with two attached hydrogens (primary N) is 1. The predicted octanol–water partition coefficient (Wildman–Crippen LogP) is 1.22. The number of fused-ring (bicyclic) bond motifs is 1. The van der Waals surface area contributed by atoms with Crippen LogP contribution < -0.4 is 10.5 Å². The zero-order valence-electron chi connectivity index (χ0n) is 11.0. The highest BCUT2D eigenvalue weighted by molar-refractivity contribution is 5.94. The quantitative estimate of drug-likeness (QED) is 0.887. The Morgan fingerprint density at radius 1 is 1.40 bits per heavy atom. The average Bonchev–Trinajstić information content (AvgIpc) is 2.89. The van der Waals surface area contributed by atoms with E-state index in [1.165, 1.54) is 0 Å². The van der Waals surface area contributed by atoms with Crippen molar-refractivity contribution in [1.82, 2.24) is 14.9 Å². The first-order valence-electron chi connectivity index (χ1n) is 6.21. The number of amides is 1. The van der Waals surface area contributed by atoms with Crippen LogP contribution in [0, 0.1) is 0 Å². The molecule has 0 unspecified atom stereocenters. The van der Waals surface area contributed by atoms with Crippen LogP contribution in [0.25, 0.3) is 0 Å². The second kappa shape index (κ2) is 4.80. The number of hydrogen-bond acceptors (Lipinski definition) is 5. The molecule has 1 aromatic heterocycles. The number of rotatable bonds is 2. The number of anilines is 1. The van der Waals surface area contributed by atoms with Crippen LogP contribution in [0.15, 0.2) is 30.5 Å². The molecule has 6 nitrogen and oxygen atoms in total. The van der Waals surface area contributed by atoms with Gasteiger partial charge < -0.3 is 15.4 Å². The Balaban J connectivity index is 1.83. The van der Waals surface area contributed by atoms with Crippen LogP contribution in [-0.4, -0.2) is 27.9 Å². The molecule has 2 heterocycles. The number of aromatic nitrogens is 2. The highest BCUT2D eigenvalue weighted by Crippen LogP contribution is 2.23. The summed E-state index contributed by atoms with van der Waals surface area (Å²) in [6.45, 7) is 0.962. The summed E-state index contributed by atoms with van der Waals surface area (Å²) in [5, 5.41) is 0. The maximum absolute atomic E-state index is 12.5. The van der Waals surface area contributed by atoms with Gasteiger partial charge in [-0.3, -0.25) is 4.79 Å². The molecule has 0 radical (unpaired) electrons. The zero-order chi connectivity index (χ0) is 14.1. The highest BCUT2D eigenvalue weighted by atomic mass is 16.5. The van der Waals surface area contributed by atoms with Gasteiger partial charge in [0.1, 0.15) is 5.75 Å². The molecule has 0 fully saturated rings. The monoisotopic (exact) mass is 270 g/mol. The largest absolute Gasteiger partial charge is 0.497 e. The summed E-state index contributed by atoms with van der Waals surface area (Å²) in [7, 11) is 1.58. The lowest BCUT2D eigenvalue weighted by molar-refractivity contribution is 0.0750. The molecule has 2 aromatic rings. The second-order valence-corrected chi connectivity index (χ2v) is 4.59. The van der Waals surface area contributed by atoms with Crippen molar-refractivity contribution in [3.05, 3.63) is 47.3 Å². The smallest absolute Gasteiger partial charge is 0.254 e. The fourth-order valence-electron chi connectivity index (χ4n) is 2.25. The van der Waals surface area contributed by atoms with Crippen LogP contribution in [0.4, 0.5) is 5.95 Å². The van der Waals surface area contributed by atoms with Crippen molar-refractivity contribution in [3.63, 3.8) is 0 Å². The molecular weight excluding hydrogens is 256 g/mol. The van der Waals surface area contributed by atoms with Gasteiger partial charge in [0, 0.05) is 23.9 Å². The summed E-state index contributed by atoms with van der Waals surface area (Å²) in [5.74, 6) is 0.844. The molecule has 0 atom stereocenters. The Labute approximate surface area is 116 Å². The van der Waals surface area contributed by atoms with Gasteiger partial charge in [-0.1, -0.05) is 6.07 Å². The number of hydrogen-bond donors (Lipinski definition) is 1. The van der Waals surface area contributed by atoms with Gasteiger partial charge in [0.15, 0.2) is 0 Å². The van der Waals surface area contributed by atoms with Gasteiger partial charge in [0.25, 0.3) is 5.91 Å². The van der Waals surface area contributed by atoms with Gasteiger partial charge in [0.05, 0.1) is 19.3 Å². The van der Waals surface area contributed by atoms with Crippen molar-refractivity contribution in [2.24, 2.45) is 0 Å². The maximum Gasteiger partial charge on any atom is 0.254 e. The Bertz CT molecular complexity index is 672. The molecule has 1 aliphatic heterocycles. The first-order chi connectivity index (χ1) is 9.67. The molecular formula is C14H14N4O2. The van der Waals surface area contributed by atoms with E-state index in [0.717, 1.165) is 11.3 Å². The summed E-state index contributed by atoms with van der Waals surface area (Å²) in [5.41, 5.74) is 7.91. The minimum atomic E-state index is -0.0551. The number of methoxy groups -OCH3 is 1. The summed E-state index contributed by atoms with van der Waals surface area (Å²) in [6.07, 6.45) is 1.68. The molecule has 2 N–H and O–H groups in total. The fraction of sp³-hybridized carbons (Fsp3) is 0.214. The predicted molar refractivity (Wildman–Crippen MR) is 73.0 cm³/mol. The van der Waals surface area contributed by atoms with Crippen molar-refractivity contribution in [2.75, 3.05) is 12.8 Å².